The van der Waals surface area contributed by atoms with Crippen molar-refractivity contribution in [3.05, 3.63) is 0 Å². The molecule has 0 fully saturated rings. The summed E-state index contributed by atoms with van der Waals surface area (Å²) in [6.07, 6.45) is 4.03. The number of carboxylic acids is 1. The molecule has 208 valence electrons. The van der Waals surface area contributed by atoms with Gasteiger partial charge in [-0.15, -0.1) is 0 Å². The van der Waals surface area contributed by atoms with Gasteiger partial charge in [-0.25, -0.2) is 4.79 Å². The molecule has 0 rings (SSSR count). The van der Waals surface area contributed by atoms with Crippen LogP contribution >= 0.6 is 11.8 Å². The summed E-state index contributed by atoms with van der Waals surface area (Å²) in [6.45, 7) is 4.22. The highest BCUT2D eigenvalue weighted by Crippen LogP contribution is 2.08. The Morgan fingerprint density at radius 2 is 1.39 bits per heavy atom. The normalized spacial score (nSPS) is 14.3. The van der Waals surface area contributed by atoms with E-state index in [9.17, 15) is 24.3 Å². The maximum Gasteiger partial charge on any atom is 0.326 e. The van der Waals surface area contributed by atoms with Gasteiger partial charge in [-0.05, 0) is 63.0 Å². The molecule has 0 radical (unpaired) electrons. The van der Waals surface area contributed by atoms with Gasteiger partial charge in [0.25, 0.3) is 0 Å². The number of carboxylic acid groups (broad SMARTS) is 1. The fourth-order valence-electron chi connectivity index (χ4n) is 3.14. The van der Waals surface area contributed by atoms with Gasteiger partial charge in [0.15, 0.2) is 5.96 Å². The molecule has 0 aromatic rings. The molecule has 3 amide bonds. The standard InChI is InChI=1S/C22H44N8O5S/c1-13(2)17(24)20(33)29-15(9-12-36-3)19(32)28-14(8-6-11-27-22(25)26)18(31)30-16(21(34)35)7-4-5-10-23/h13-17H,4-12,23-24H2,1-3H3,(H,28,32)(H,29,33)(H,30,31)(H,34,35)(H4,25,26,27). The van der Waals surface area contributed by atoms with Crippen LogP contribution in [0.5, 0.6) is 0 Å². The molecule has 0 spiro atoms. The summed E-state index contributed by atoms with van der Waals surface area (Å²) in [5.41, 5.74) is 22.1. The summed E-state index contributed by atoms with van der Waals surface area (Å²) in [4.78, 5) is 54.1. The molecule has 0 aromatic carbocycles. The molecule has 36 heavy (non-hydrogen) atoms. The van der Waals surface area contributed by atoms with E-state index in [-0.39, 0.29) is 31.3 Å². The van der Waals surface area contributed by atoms with Crippen molar-refractivity contribution in [3.8, 4) is 0 Å². The first-order valence-corrected chi connectivity index (χ1v) is 13.5. The summed E-state index contributed by atoms with van der Waals surface area (Å²) in [5, 5.41) is 17.3. The summed E-state index contributed by atoms with van der Waals surface area (Å²) in [7, 11) is 0. The van der Waals surface area contributed by atoms with E-state index in [0.717, 1.165) is 0 Å². The minimum Gasteiger partial charge on any atom is -0.480 e. The Balaban J connectivity index is 5.57. The van der Waals surface area contributed by atoms with E-state index in [0.29, 0.717) is 38.0 Å². The lowest BCUT2D eigenvalue weighted by Gasteiger charge is -2.25. The third-order valence-electron chi connectivity index (χ3n) is 5.40. The molecule has 4 unspecified atom stereocenters. The second-order valence-electron chi connectivity index (χ2n) is 8.81. The van der Waals surface area contributed by atoms with Crippen LogP contribution in [-0.4, -0.2) is 84.0 Å². The van der Waals surface area contributed by atoms with Crippen LogP contribution in [0.1, 0.15) is 52.4 Å². The average Bonchev–Trinajstić information content (AvgIpc) is 2.81. The van der Waals surface area contributed by atoms with Crippen LogP contribution in [0.3, 0.4) is 0 Å². The van der Waals surface area contributed by atoms with Crippen molar-refractivity contribution in [3.63, 3.8) is 0 Å². The molecular weight excluding hydrogens is 488 g/mol. The highest BCUT2D eigenvalue weighted by atomic mass is 32.2. The number of thioether (sulfide) groups is 1. The smallest absolute Gasteiger partial charge is 0.326 e. The molecule has 14 heteroatoms. The summed E-state index contributed by atoms with van der Waals surface area (Å²) >= 11 is 1.50. The quantitative estimate of drug-likeness (QED) is 0.0540. The van der Waals surface area contributed by atoms with E-state index in [1.807, 2.05) is 6.26 Å². The monoisotopic (exact) mass is 532 g/mol. The summed E-state index contributed by atoms with van der Waals surface area (Å²) < 4.78 is 0. The number of guanidine groups is 1. The highest BCUT2D eigenvalue weighted by Gasteiger charge is 2.30. The third kappa shape index (κ3) is 14.1. The largest absolute Gasteiger partial charge is 0.480 e. The molecule has 4 atom stereocenters. The van der Waals surface area contributed by atoms with Gasteiger partial charge in [0.2, 0.25) is 17.7 Å². The van der Waals surface area contributed by atoms with Gasteiger partial charge >= 0.3 is 5.97 Å². The lowest BCUT2D eigenvalue weighted by atomic mass is 10.0. The maximum absolute atomic E-state index is 13.1. The fourth-order valence-corrected chi connectivity index (χ4v) is 3.61. The molecule has 0 heterocycles. The number of hydrogen-bond acceptors (Lipinski definition) is 8. The van der Waals surface area contributed by atoms with Crippen LogP contribution in [0.15, 0.2) is 4.99 Å². The van der Waals surface area contributed by atoms with Crippen LogP contribution in [0.25, 0.3) is 0 Å². The second-order valence-corrected chi connectivity index (χ2v) is 9.79. The number of nitrogens with zero attached hydrogens (tertiary/aromatic N) is 1. The molecule has 0 aliphatic heterocycles. The lowest BCUT2D eigenvalue weighted by molar-refractivity contribution is -0.142. The molecule has 0 aliphatic rings. The molecule has 13 nitrogen and oxygen atoms in total. The maximum atomic E-state index is 13.1. The summed E-state index contributed by atoms with van der Waals surface area (Å²) in [6, 6.07) is -3.90. The van der Waals surface area contributed by atoms with Crippen molar-refractivity contribution in [1.29, 1.82) is 0 Å². The highest BCUT2D eigenvalue weighted by molar-refractivity contribution is 7.98. The number of nitrogens with one attached hydrogen (secondary N) is 3. The Morgan fingerprint density at radius 3 is 1.89 bits per heavy atom. The molecule has 0 aliphatic carbocycles. The molecule has 0 saturated carbocycles. The van der Waals surface area contributed by atoms with Gasteiger partial charge < -0.3 is 44.0 Å². The van der Waals surface area contributed by atoms with Crippen LogP contribution < -0.4 is 38.9 Å². The van der Waals surface area contributed by atoms with Crippen molar-refractivity contribution in [1.82, 2.24) is 16.0 Å². The van der Waals surface area contributed by atoms with Gasteiger partial charge in [0.1, 0.15) is 18.1 Å². The minimum absolute atomic E-state index is 0.104. The van der Waals surface area contributed by atoms with E-state index < -0.39 is 47.9 Å². The Kier molecular flexibility index (Phi) is 17.3. The number of aliphatic imine (C=N–C) groups is 1. The van der Waals surface area contributed by atoms with E-state index in [2.05, 4.69) is 20.9 Å². The van der Waals surface area contributed by atoms with Gasteiger partial charge in [-0.2, -0.15) is 11.8 Å². The van der Waals surface area contributed by atoms with E-state index in [4.69, 9.17) is 22.9 Å². The first-order chi connectivity index (χ1) is 16.9. The van der Waals surface area contributed by atoms with Crippen molar-refractivity contribution in [2.45, 2.75) is 76.5 Å². The number of aliphatic carboxylic acids is 1. The number of carbonyl (C=O) groups excluding carboxylic acids is 3. The third-order valence-corrected chi connectivity index (χ3v) is 6.05. The second kappa shape index (κ2) is 18.7. The average molecular weight is 533 g/mol. The van der Waals surface area contributed by atoms with E-state index in [1.54, 1.807) is 13.8 Å². The SMILES string of the molecule is CSCCC(NC(=O)C(N)C(C)C)C(=O)NC(CCCN=C(N)N)C(=O)NC(CCCCN)C(=O)O. The predicted octanol–water partition coefficient (Wildman–Crippen LogP) is -1.56. The molecular formula is C22H44N8O5S. The zero-order chi connectivity index (χ0) is 27.7. The molecule has 0 saturated heterocycles. The number of rotatable bonds is 19. The summed E-state index contributed by atoms with van der Waals surface area (Å²) in [5.74, 6) is -2.52. The van der Waals surface area contributed by atoms with Crippen LogP contribution in [0.2, 0.25) is 0 Å². The van der Waals surface area contributed by atoms with E-state index >= 15 is 0 Å². The van der Waals surface area contributed by atoms with Crippen LogP contribution in [0.4, 0.5) is 0 Å². The predicted molar refractivity (Wildman–Crippen MR) is 142 cm³/mol. The number of nitrogens with two attached hydrogens (primary N) is 4. The van der Waals surface area contributed by atoms with Crippen molar-refractivity contribution < 1.29 is 24.3 Å². The number of hydrogen-bond donors (Lipinski definition) is 8. The zero-order valence-corrected chi connectivity index (χ0v) is 22.3. The van der Waals surface area contributed by atoms with Crippen molar-refractivity contribution in [2.75, 3.05) is 25.1 Å². The van der Waals surface area contributed by atoms with E-state index in [1.165, 1.54) is 11.8 Å². The van der Waals surface area contributed by atoms with Gasteiger partial charge in [0, 0.05) is 6.54 Å². The van der Waals surface area contributed by atoms with Gasteiger partial charge in [-0.3, -0.25) is 19.4 Å². The topological polar surface area (TPSA) is 241 Å². The lowest BCUT2D eigenvalue weighted by Crippen LogP contribution is -2.57. The first kappa shape index (κ1) is 33.4. The molecule has 0 bridgehead atoms. The van der Waals surface area contributed by atoms with Crippen molar-refractivity contribution >= 4 is 41.4 Å². The Labute approximate surface area is 217 Å². The fraction of sp³-hybridized carbons (Fsp3) is 0.773. The molecule has 12 N–H and O–H groups in total. The Bertz CT molecular complexity index is 733. The minimum atomic E-state index is -1.18. The Hall–Kier alpha value is -2.58. The number of carbonyl (C=O) groups is 4. The van der Waals surface area contributed by atoms with Crippen LogP contribution in [-0.2, 0) is 19.2 Å². The van der Waals surface area contributed by atoms with Crippen LogP contribution in [0, 0.1) is 5.92 Å². The number of unbranched alkanes of at least 4 members (excludes halogenated alkanes) is 1. The van der Waals surface area contributed by atoms with Gasteiger partial charge in [0.05, 0.1) is 6.04 Å². The number of amides is 3. The Morgan fingerprint density at radius 1 is 0.861 bits per heavy atom. The van der Waals surface area contributed by atoms with Crippen molar-refractivity contribution in [2.24, 2.45) is 33.8 Å². The zero-order valence-electron chi connectivity index (χ0n) is 21.5. The first-order valence-electron chi connectivity index (χ1n) is 12.1. The van der Waals surface area contributed by atoms with Gasteiger partial charge in [-0.1, -0.05) is 13.8 Å². The molecule has 0 aromatic heterocycles.